The zero-order valence-electron chi connectivity index (χ0n) is 10.4. The van der Waals surface area contributed by atoms with Crippen molar-refractivity contribution < 1.29 is 4.79 Å². The van der Waals surface area contributed by atoms with Crippen LogP contribution in [0.1, 0.15) is 24.2 Å². The van der Waals surface area contributed by atoms with Crippen LogP contribution >= 0.6 is 0 Å². The molecule has 4 nitrogen and oxygen atoms in total. The Morgan fingerprint density at radius 2 is 2.29 bits per heavy atom. The number of rotatable bonds is 4. The second-order valence-corrected chi connectivity index (χ2v) is 4.11. The van der Waals surface area contributed by atoms with Crippen LogP contribution in [0.2, 0.25) is 0 Å². The van der Waals surface area contributed by atoms with Gasteiger partial charge >= 0.3 is 0 Å². The zero-order chi connectivity index (χ0) is 12.4. The van der Waals surface area contributed by atoms with Crippen molar-refractivity contribution in [3.05, 3.63) is 30.1 Å². The number of ketones is 1. The Labute approximate surface area is 101 Å². The van der Waals surface area contributed by atoms with Gasteiger partial charge in [-0.25, -0.2) is 4.98 Å². The highest BCUT2D eigenvalue weighted by molar-refractivity contribution is 6.02. The summed E-state index contributed by atoms with van der Waals surface area (Å²) in [5.41, 5.74) is 2.66. The number of benzene rings is 1. The molecule has 0 aliphatic heterocycles. The van der Waals surface area contributed by atoms with Crippen LogP contribution in [0.25, 0.3) is 11.0 Å². The fraction of sp³-hybridized carbons (Fsp3) is 0.385. The third kappa shape index (κ3) is 2.08. The highest BCUT2D eigenvalue weighted by Gasteiger charge is 2.14. The van der Waals surface area contributed by atoms with Crippen molar-refractivity contribution in [2.75, 3.05) is 7.05 Å². The molecule has 0 saturated heterocycles. The summed E-state index contributed by atoms with van der Waals surface area (Å²) >= 11 is 0. The first-order valence-electron chi connectivity index (χ1n) is 5.83. The minimum Gasteiger partial charge on any atom is -0.331 e. The van der Waals surface area contributed by atoms with E-state index in [0.717, 1.165) is 17.6 Å². The van der Waals surface area contributed by atoms with Gasteiger partial charge in [0.2, 0.25) is 0 Å². The number of carbonyl (C=O) groups excluding carboxylic acids is 1. The van der Waals surface area contributed by atoms with Crippen LogP contribution in [0.3, 0.4) is 0 Å². The highest BCUT2D eigenvalue weighted by Crippen LogP contribution is 2.16. The van der Waals surface area contributed by atoms with E-state index in [1.165, 1.54) is 0 Å². The molecule has 0 saturated carbocycles. The number of imidazole rings is 1. The summed E-state index contributed by atoms with van der Waals surface area (Å²) < 4.78 is 2.06. The molecule has 90 valence electrons. The number of nitrogens with zero attached hydrogens (tertiary/aromatic N) is 2. The maximum Gasteiger partial charge on any atom is 0.179 e. The predicted octanol–water partition coefficient (Wildman–Crippen LogP) is 1.85. The van der Waals surface area contributed by atoms with Gasteiger partial charge in [0.1, 0.15) is 0 Å². The number of aromatic nitrogens is 2. The minimum absolute atomic E-state index is 0.0976. The number of Topliss-reactive ketones (excluding diaryl/α,β-unsaturated/α-hetero) is 1. The Balaban J connectivity index is 2.42. The van der Waals surface area contributed by atoms with E-state index in [2.05, 4.69) is 21.8 Å². The molecule has 2 rings (SSSR count). The van der Waals surface area contributed by atoms with E-state index in [0.29, 0.717) is 5.56 Å². The summed E-state index contributed by atoms with van der Waals surface area (Å²) in [6.45, 7) is 4.82. The lowest BCUT2D eigenvalue weighted by atomic mass is 10.1. The molecule has 4 heteroatoms. The molecular formula is C13H17N3O. The summed E-state index contributed by atoms with van der Waals surface area (Å²) in [5, 5.41) is 2.95. The molecular weight excluding hydrogens is 214 g/mol. The van der Waals surface area contributed by atoms with Crippen LogP contribution in [0, 0.1) is 0 Å². The Morgan fingerprint density at radius 1 is 1.53 bits per heavy atom. The van der Waals surface area contributed by atoms with Crippen LogP contribution in [-0.2, 0) is 6.54 Å². The Hall–Kier alpha value is -1.68. The standard InChI is InChI=1S/C13H17N3O/c1-4-16-8-15-11-7-10(5-6-12(11)16)13(17)9(2)14-3/h5-9,14H,4H2,1-3H3. The molecule has 1 aromatic carbocycles. The third-order valence-electron chi connectivity index (χ3n) is 3.07. The van der Waals surface area contributed by atoms with Gasteiger partial charge in [-0.2, -0.15) is 0 Å². The van der Waals surface area contributed by atoms with E-state index >= 15 is 0 Å². The molecule has 0 radical (unpaired) electrons. The topological polar surface area (TPSA) is 46.9 Å². The summed E-state index contributed by atoms with van der Waals surface area (Å²) in [6, 6.07) is 5.52. The van der Waals surface area contributed by atoms with Crippen molar-refractivity contribution in [3.8, 4) is 0 Å². The number of hydrogen-bond acceptors (Lipinski definition) is 3. The van der Waals surface area contributed by atoms with E-state index in [1.807, 2.05) is 25.1 Å². The Bertz CT molecular complexity index is 545. The van der Waals surface area contributed by atoms with E-state index in [-0.39, 0.29) is 11.8 Å². The fourth-order valence-corrected chi connectivity index (χ4v) is 1.85. The molecule has 1 heterocycles. The normalized spacial score (nSPS) is 12.9. The van der Waals surface area contributed by atoms with Crippen molar-refractivity contribution in [2.24, 2.45) is 0 Å². The quantitative estimate of drug-likeness (QED) is 0.817. The van der Waals surface area contributed by atoms with Crippen molar-refractivity contribution in [2.45, 2.75) is 26.4 Å². The molecule has 0 spiro atoms. The molecule has 0 fully saturated rings. The van der Waals surface area contributed by atoms with Crippen LogP contribution < -0.4 is 5.32 Å². The molecule has 2 aromatic rings. The maximum absolute atomic E-state index is 12.0. The highest BCUT2D eigenvalue weighted by atomic mass is 16.1. The molecule has 1 unspecified atom stereocenters. The summed E-state index contributed by atoms with van der Waals surface area (Å²) in [7, 11) is 1.78. The van der Waals surface area contributed by atoms with Crippen LogP contribution in [0.15, 0.2) is 24.5 Å². The smallest absolute Gasteiger partial charge is 0.179 e. The largest absolute Gasteiger partial charge is 0.331 e. The lowest BCUT2D eigenvalue weighted by Crippen LogP contribution is -2.30. The van der Waals surface area contributed by atoms with Crippen LogP contribution in [-0.4, -0.2) is 28.4 Å². The molecule has 0 aliphatic carbocycles. The van der Waals surface area contributed by atoms with Crippen LogP contribution in [0.5, 0.6) is 0 Å². The molecule has 0 amide bonds. The van der Waals surface area contributed by atoms with Gasteiger partial charge < -0.3 is 9.88 Å². The molecule has 0 aliphatic rings. The van der Waals surface area contributed by atoms with Gasteiger partial charge in [-0.1, -0.05) is 0 Å². The lowest BCUT2D eigenvalue weighted by molar-refractivity contribution is 0.0955. The molecule has 17 heavy (non-hydrogen) atoms. The molecule has 1 atom stereocenters. The van der Waals surface area contributed by atoms with E-state index in [1.54, 1.807) is 13.4 Å². The van der Waals surface area contributed by atoms with Gasteiger partial charge in [-0.15, -0.1) is 0 Å². The second kappa shape index (κ2) is 4.67. The number of carbonyl (C=O) groups is 1. The Kier molecular flexibility index (Phi) is 3.24. The van der Waals surface area contributed by atoms with Crippen molar-refractivity contribution in [1.29, 1.82) is 0 Å². The van der Waals surface area contributed by atoms with Crippen molar-refractivity contribution in [1.82, 2.24) is 14.9 Å². The van der Waals surface area contributed by atoms with Gasteiger partial charge in [0, 0.05) is 12.1 Å². The maximum atomic E-state index is 12.0. The fourth-order valence-electron chi connectivity index (χ4n) is 1.85. The Morgan fingerprint density at radius 3 is 2.94 bits per heavy atom. The number of likely N-dealkylation sites (N-methyl/N-ethyl adjacent to an activating group) is 1. The average molecular weight is 231 g/mol. The predicted molar refractivity (Wildman–Crippen MR) is 68.3 cm³/mol. The van der Waals surface area contributed by atoms with Crippen molar-refractivity contribution >= 4 is 16.8 Å². The molecule has 1 aromatic heterocycles. The molecule has 0 bridgehead atoms. The number of fused-ring (bicyclic) bond motifs is 1. The second-order valence-electron chi connectivity index (χ2n) is 4.11. The number of hydrogen-bond donors (Lipinski definition) is 1. The van der Waals surface area contributed by atoms with E-state index in [4.69, 9.17) is 0 Å². The zero-order valence-corrected chi connectivity index (χ0v) is 10.4. The lowest BCUT2D eigenvalue weighted by Gasteiger charge is -2.08. The van der Waals surface area contributed by atoms with Crippen molar-refractivity contribution in [3.63, 3.8) is 0 Å². The first kappa shape index (κ1) is 11.8. The minimum atomic E-state index is -0.166. The van der Waals surface area contributed by atoms with Gasteiger partial charge in [0.25, 0.3) is 0 Å². The first-order valence-corrected chi connectivity index (χ1v) is 5.83. The first-order chi connectivity index (χ1) is 8.17. The van der Waals surface area contributed by atoms with Gasteiger partial charge in [0.05, 0.1) is 23.4 Å². The van der Waals surface area contributed by atoms with E-state index < -0.39 is 0 Å². The van der Waals surface area contributed by atoms with E-state index in [9.17, 15) is 4.79 Å². The van der Waals surface area contributed by atoms with Crippen LogP contribution in [0.4, 0.5) is 0 Å². The van der Waals surface area contributed by atoms with Gasteiger partial charge in [-0.05, 0) is 39.1 Å². The number of aryl methyl sites for hydroxylation is 1. The summed E-state index contributed by atoms with van der Waals surface area (Å²) in [4.78, 5) is 16.3. The van der Waals surface area contributed by atoms with Gasteiger partial charge in [-0.3, -0.25) is 4.79 Å². The van der Waals surface area contributed by atoms with Gasteiger partial charge in [0.15, 0.2) is 5.78 Å². The summed E-state index contributed by atoms with van der Waals surface area (Å²) in [5.74, 6) is 0.0976. The third-order valence-corrected chi connectivity index (χ3v) is 3.07. The summed E-state index contributed by atoms with van der Waals surface area (Å²) in [6.07, 6.45) is 1.81. The average Bonchev–Trinajstić information content (AvgIpc) is 2.78. The monoisotopic (exact) mass is 231 g/mol. The SMILES string of the molecule is CCn1cnc2cc(C(=O)C(C)NC)ccc21. The number of nitrogens with one attached hydrogen (secondary N) is 1. The molecule has 1 N–H and O–H groups in total.